The highest BCUT2D eigenvalue weighted by Gasteiger charge is 2.31. The molecule has 0 atom stereocenters. The van der Waals surface area contributed by atoms with Crippen molar-refractivity contribution in [3.63, 3.8) is 0 Å². The molecule has 1 fully saturated rings. The molecule has 1 aromatic carbocycles. The van der Waals surface area contributed by atoms with E-state index in [1.807, 2.05) is 4.90 Å². The smallest absolute Gasteiger partial charge is 0.282 e. The van der Waals surface area contributed by atoms with E-state index in [2.05, 4.69) is 9.98 Å². The van der Waals surface area contributed by atoms with Gasteiger partial charge >= 0.3 is 0 Å². The van der Waals surface area contributed by atoms with E-state index in [4.69, 9.17) is 0 Å². The number of benzene rings is 1. The van der Waals surface area contributed by atoms with Crippen molar-refractivity contribution >= 4 is 37.8 Å². The quantitative estimate of drug-likeness (QED) is 0.741. The van der Waals surface area contributed by atoms with Crippen molar-refractivity contribution < 1.29 is 9.18 Å². The molecule has 0 bridgehead atoms. The number of aliphatic imine (C=N–C) groups is 2. The molecule has 1 aromatic rings. The Kier molecular flexibility index (Phi) is 3.09. The van der Waals surface area contributed by atoms with Crippen LogP contribution in [-0.4, -0.2) is 34.2 Å². The number of hydrogen-bond acceptors (Lipinski definition) is 4. The standard InChI is InChI=1S/C11H8FN3OS2/c12-8-4-2-1-3-7(8)9(16)14-11-15-6-5-13-10(15)17-18-11/h1-4H,5-6H2. The fraction of sp³-hybridized carbons (Fsp3) is 0.182. The lowest BCUT2D eigenvalue weighted by atomic mass is 10.2. The monoisotopic (exact) mass is 281 g/mol. The molecule has 7 heteroatoms. The van der Waals surface area contributed by atoms with Gasteiger partial charge in [0.15, 0.2) is 10.3 Å². The molecule has 0 unspecified atom stereocenters. The van der Waals surface area contributed by atoms with Gasteiger partial charge in [0.25, 0.3) is 5.91 Å². The Bertz CT molecular complexity index is 573. The zero-order chi connectivity index (χ0) is 12.5. The van der Waals surface area contributed by atoms with E-state index in [-0.39, 0.29) is 5.56 Å². The van der Waals surface area contributed by atoms with E-state index in [0.29, 0.717) is 5.17 Å². The van der Waals surface area contributed by atoms with E-state index in [0.717, 1.165) is 18.3 Å². The Hall–Kier alpha value is -1.34. The van der Waals surface area contributed by atoms with Gasteiger partial charge in [0.05, 0.1) is 12.1 Å². The molecule has 2 aliphatic rings. The summed E-state index contributed by atoms with van der Waals surface area (Å²) in [5.41, 5.74) is 0.000172. The van der Waals surface area contributed by atoms with Crippen LogP contribution < -0.4 is 0 Å². The van der Waals surface area contributed by atoms with E-state index in [9.17, 15) is 9.18 Å². The number of carbonyl (C=O) groups is 1. The SMILES string of the molecule is O=C(N=C1SSC2=NCCN21)c1ccccc1F. The van der Waals surface area contributed by atoms with Gasteiger partial charge in [0.2, 0.25) is 0 Å². The Morgan fingerprint density at radius 1 is 1.39 bits per heavy atom. The molecule has 92 valence electrons. The summed E-state index contributed by atoms with van der Waals surface area (Å²) in [7, 11) is 2.86. The average molecular weight is 281 g/mol. The molecular formula is C11H8FN3OS2. The molecule has 3 rings (SSSR count). The molecular weight excluding hydrogens is 273 g/mol. The van der Waals surface area contributed by atoms with Gasteiger partial charge in [-0.25, -0.2) is 4.39 Å². The van der Waals surface area contributed by atoms with Gasteiger partial charge in [-0.1, -0.05) is 12.1 Å². The lowest BCUT2D eigenvalue weighted by Gasteiger charge is -2.09. The molecule has 0 spiro atoms. The Morgan fingerprint density at radius 3 is 3.06 bits per heavy atom. The molecule has 4 nitrogen and oxygen atoms in total. The summed E-state index contributed by atoms with van der Waals surface area (Å²) >= 11 is 0. The summed E-state index contributed by atoms with van der Waals surface area (Å²) in [5.74, 6) is -1.10. The number of amides is 1. The van der Waals surface area contributed by atoms with Crippen LogP contribution in [0.25, 0.3) is 0 Å². The fourth-order valence-corrected chi connectivity index (χ4v) is 3.92. The summed E-state index contributed by atoms with van der Waals surface area (Å²) in [6.45, 7) is 1.45. The van der Waals surface area contributed by atoms with Crippen molar-refractivity contribution in [1.82, 2.24) is 4.90 Å². The number of rotatable bonds is 1. The van der Waals surface area contributed by atoms with Crippen LogP contribution >= 0.6 is 21.6 Å². The van der Waals surface area contributed by atoms with Gasteiger partial charge in [-0.2, -0.15) is 4.99 Å². The van der Waals surface area contributed by atoms with Gasteiger partial charge in [-0.15, -0.1) is 0 Å². The predicted octanol–water partition coefficient (Wildman–Crippen LogP) is 2.39. The molecule has 0 aliphatic carbocycles. The van der Waals surface area contributed by atoms with Crippen molar-refractivity contribution in [3.8, 4) is 0 Å². The van der Waals surface area contributed by atoms with Crippen LogP contribution in [0.15, 0.2) is 34.3 Å². The van der Waals surface area contributed by atoms with Gasteiger partial charge < -0.3 is 0 Å². The van der Waals surface area contributed by atoms with Crippen LogP contribution in [0.5, 0.6) is 0 Å². The Balaban J connectivity index is 1.87. The number of carbonyl (C=O) groups excluding carboxylic acids is 1. The van der Waals surface area contributed by atoms with Crippen LogP contribution in [0, 0.1) is 5.82 Å². The highest BCUT2D eigenvalue weighted by molar-refractivity contribution is 8.88. The Labute approximate surface area is 111 Å². The van der Waals surface area contributed by atoms with Crippen molar-refractivity contribution in [2.24, 2.45) is 9.98 Å². The molecule has 18 heavy (non-hydrogen) atoms. The van der Waals surface area contributed by atoms with Gasteiger partial charge in [0, 0.05) is 6.54 Å². The van der Waals surface area contributed by atoms with E-state index < -0.39 is 11.7 Å². The van der Waals surface area contributed by atoms with E-state index >= 15 is 0 Å². The van der Waals surface area contributed by atoms with Gasteiger partial charge in [-0.3, -0.25) is 14.7 Å². The number of halogens is 1. The minimum atomic E-state index is -0.552. The van der Waals surface area contributed by atoms with Crippen LogP contribution in [-0.2, 0) is 0 Å². The average Bonchev–Trinajstić information content (AvgIpc) is 2.94. The van der Waals surface area contributed by atoms with Crippen LogP contribution in [0.4, 0.5) is 4.39 Å². The van der Waals surface area contributed by atoms with Gasteiger partial charge in [-0.05, 0) is 33.7 Å². The topological polar surface area (TPSA) is 45.0 Å². The normalized spacial score (nSPS) is 20.2. The first-order chi connectivity index (χ1) is 8.75. The van der Waals surface area contributed by atoms with Crippen molar-refractivity contribution in [2.75, 3.05) is 13.1 Å². The van der Waals surface area contributed by atoms with E-state index in [1.165, 1.54) is 33.7 Å². The third kappa shape index (κ3) is 2.04. The summed E-state index contributed by atoms with van der Waals surface area (Å²) in [6, 6.07) is 5.86. The maximum Gasteiger partial charge on any atom is 0.282 e. The van der Waals surface area contributed by atoms with Crippen LogP contribution in [0.1, 0.15) is 10.4 Å². The molecule has 1 saturated heterocycles. The largest absolute Gasteiger partial charge is 0.297 e. The van der Waals surface area contributed by atoms with Gasteiger partial charge in [0.1, 0.15) is 5.82 Å². The first kappa shape index (κ1) is 11.7. The number of fused-ring (bicyclic) bond motifs is 1. The van der Waals surface area contributed by atoms with Crippen LogP contribution in [0.3, 0.4) is 0 Å². The second-order valence-electron chi connectivity index (χ2n) is 3.66. The molecule has 2 heterocycles. The van der Waals surface area contributed by atoms with Crippen LogP contribution in [0.2, 0.25) is 0 Å². The number of hydrogen-bond donors (Lipinski definition) is 0. The third-order valence-electron chi connectivity index (χ3n) is 2.52. The maximum absolute atomic E-state index is 13.4. The molecule has 0 N–H and O–H groups in total. The zero-order valence-electron chi connectivity index (χ0n) is 9.17. The summed E-state index contributed by atoms with van der Waals surface area (Å²) < 4.78 is 13.4. The predicted molar refractivity (Wildman–Crippen MR) is 72.4 cm³/mol. The molecule has 1 amide bonds. The lowest BCUT2D eigenvalue weighted by Crippen LogP contribution is -2.26. The fourth-order valence-electron chi connectivity index (χ4n) is 1.66. The van der Waals surface area contributed by atoms with Crippen molar-refractivity contribution in [2.45, 2.75) is 0 Å². The third-order valence-corrected chi connectivity index (χ3v) is 4.71. The molecule has 2 aliphatic heterocycles. The molecule has 0 radical (unpaired) electrons. The van der Waals surface area contributed by atoms with E-state index in [1.54, 1.807) is 12.1 Å². The second kappa shape index (κ2) is 4.74. The molecule has 0 saturated carbocycles. The Morgan fingerprint density at radius 2 is 2.22 bits per heavy atom. The highest BCUT2D eigenvalue weighted by Crippen LogP contribution is 2.38. The minimum Gasteiger partial charge on any atom is -0.297 e. The highest BCUT2D eigenvalue weighted by atomic mass is 33.1. The number of nitrogens with zero attached hydrogens (tertiary/aromatic N) is 3. The second-order valence-corrected chi connectivity index (χ2v) is 5.73. The van der Waals surface area contributed by atoms with Crippen molar-refractivity contribution in [1.29, 1.82) is 0 Å². The summed E-state index contributed by atoms with van der Waals surface area (Å²) in [5, 5.41) is 1.46. The first-order valence-corrected chi connectivity index (χ1v) is 7.45. The maximum atomic E-state index is 13.4. The summed E-state index contributed by atoms with van der Waals surface area (Å²) in [6.07, 6.45) is 0. The molecule has 0 aromatic heterocycles. The lowest BCUT2D eigenvalue weighted by molar-refractivity contribution is 0.0998. The first-order valence-electron chi connectivity index (χ1n) is 5.30. The van der Waals surface area contributed by atoms with Crippen molar-refractivity contribution in [3.05, 3.63) is 35.6 Å². The number of amidine groups is 2. The zero-order valence-corrected chi connectivity index (χ0v) is 10.8. The minimum absolute atomic E-state index is 0.000172. The summed E-state index contributed by atoms with van der Waals surface area (Å²) in [4.78, 5) is 22.0.